The van der Waals surface area contributed by atoms with Crippen LogP contribution in [-0.2, 0) is 28.8 Å². The van der Waals surface area contributed by atoms with Gasteiger partial charge in [-0.3, -0.25) is 28.8 Å². The number of aliphatic hydroxyl groups excluding tert-OH is 1. The molecular weight excluding hydrogens is 324 g/mol. The van der Waals surface area contributed by atoms with E-state index in [9.17, 15) is 44.1 Å². The normalized spacial score (nSPS) is 13.8. The van der Waals surface area contributed by atoms with E-state index in [0.717, 1.165) is 20.8 Å². The molecule has 0 fully saturated rings. The molecule has 0 saturated heterocycles. The maximum atomic E-state index is 12.2. The van der Waals surface area contributed by atoms with Crippen LogP contribution in [0.4, 0.5) is 0 Å². The molecule has 1 atom stereocenters. The van der Waals surface area contributed by atoms with Crippen LogP contribution in [0.1, 0.15) is 40.0 Å². The molecule has 0 aromatic heterocycles. The summed E-state index contributed by atoms with van der Waals surface area (Å²) in [6.07, 6.45) is -3.01. The van der Waals surface area contributed by atoms with Gasteiger partial charge in [-0.2, -0.15) is 0 Å². The van der Waals surface area contributed by atoms with E-state index in [1.807, 2.05) is 0 Å². The Balaban J connectivity index is 6.23. The number of aliphatic hydroxyl groups is 3. The van der Waals surface area contributed by atoms with Crippen LogP contribution in [0, 0.1) is 0 Å². The first kappa shape index (κ1) is 21.9. The van der Waals surface area contributed by atoms with Gasteiger partial charge in [0.15, 0.2) is 23.0 Å². The fourth-order valence-corrected chi connectivity index (χ4v) is 2.10. The predicted molar refractivity (Wildman–Crippen MR) is 77.9 cm³/mol. The molecule has 9 heteroatoms. The average Bonchev–Trinajstić information content (AvgIpc) is 2.42. The van der Waals surface area contributed by atoms with Crippen molar-refractivity contribution >= 4 is 34.7 Å². The van der Waals surface area contributed by atoms with Crippen LogP contribution in [-0.4, -0.2) is 67.8 Å². The third-order valence-electron chi connectivity index (χ3n) is 3.32. The molecule has 0 aromatic rings. The molecule has 134 valence electrons. The SMILES string of the molecule is CC(=O)CC(=O)C(O)(CO)C(O)(C(=O)CC(C)=O)C(=O)CC(C)=O. The third-order valence-corrected chi connectivity index (χ3v) is 3.32. The van der Waals surface area contributed by atoms with Crippen molar-refractivity contribution < 1.29 is 44.1 Å². The number of carbonyl (C=O) groups is 6. The van der Waals surface area contributed by atoms with Crippen LogP contribution >= 0.6 is 0 Å². The van der Waals surface area contributed by atoms with Gasteiger partial charge >= 0.3 is 0 Å². The molecule has 24 heavy (non-hydrogen) atoms. The number of carbonyl (C=O) groups excluding carboxylic acids is 6. The van der Waals surface area contributed by atoms with E-state index in [2.05, 4.69) is 0 Å². The van der Waals surface area contributed by atoms with Crippen molar-refractivity contribution in [1.82, 2.24) is 0 Å². The second-order valence-electron chi connectivity index (χ2n) is 5.63. The number of rotatable bonds is 11. The summed E-state index contributed by atoms with van der Waals surface area (Å²) in [6.45, 7) is 1.33. The van der Waals surface area contributed by atoms with E-state index < -0.39 is 71.8 Å². The lowest BCUT2D eigenvalue weighted by molar-refractivity contribution is -0.194. The zero-order chi connectivity index (χ0) is 19.3. The largest absolute Gasteiger partial charge is 0.393 e. The van der Waals surface area contributed by atoms with Gasteiger partial charge in [0.1, 0.15) is 17.3 Å². The molecule has 0 saturated carbocycles. The van der Waals surface area contributed by atoms with E-state index in [1.54, 1.807) is 0 Å². The predicted octanol–water partition coefficient (Wildman–Crippen LogP) is -1.91. The summed E-state index contributed by atoms with van der Waals surface area (Å²) in [6, 6.07) is 0. The van der Waals surface area contributed by atoms with Gasteiger partial charge in [-0.1, -0.05) is 0 Å². The van der Waals surface area contributed by atoms with Gasteiger partial charge < -0.3 is 15.3 Å². The van der Waals surface area contributed by atoms with Crippen LogP contribution in [0.5, 0.6) is 0 Å². The summed E-state index contributed by atoms with van der Waals surface area (Å²) in [5.41, 5.74) is -6.87. The Bertz CT molecular complexity index is 562. The van der Waals surface area contributed by atoms with Crippen LogP contribution in [0.25, 0.3) is 0 Å². The van der Waals surface area contributed by atoms with E-state index in [-0.39, 0.29) is 0 Å². The molecule has 0 aromatic carbocycles. The van der Waals surface area contributed by atoms with Crippen molar-refractivity contribution in [3.05, 3.63) is 0 Å². The highest BCUT2D eigenvalue weighted by Crippen LogP contribution is 2.30. The smallest absolute Gasteiger partial charge is 0.220 e. The second kappa shape index (κ2) is 8.13. The Hall–Kier alpha value is -2.10. The van der Waals surface area contributed by atoms with E-state index >= 15 is 0 Å². The minimum Gasteiger partial charge on any atom is -0.393 e. The molecule has 0 amide bonds. The molecule has 0 aliphatic heterocycles. The molecule has 0 spiro atoms. The maximum absolute atomic E-state index is 12.2. The molecule has 0 heterocycles. The molecule has 3 N–H and O–H groups in total. The Kier molecular flexibility index (Phi) is 7.42. The summed E-state index contributed by atoms with van der Waals surface area (Å²) < 4.78 is 0. The second-order valence-corrected chi connectivity index (χ2v) is 5.63. The van der Waals surface area contributed by atoms with Crippen molar-refractivity contribution in [3.63, 3.8) is 0 Å². The minimum absolute atomic E-state index is 0.757. The van der Waals surface area contributed by atoms with E-state index in [1.165, 1.54) is 0 Å². The first-order chi connectivity index (χ1) is 10.8. The van der Waals surface area contributed by atoms with Gasteiger partial charge in [-0.25, -0.2) is 0 Å². The topological polar surface area (TPSA) is 163 Å². The Morgan fingerprint density at radius 1 is 0.667 bits per heavy atom. The summed E-state index contributed by atoms with van der Waals surface area (Å²) in [4.78, 5) is 69.7. The van der Waals surface area contributed by atoms with Crippen molar-refractivity contribution in [3.8, 4) is 0 Å². The van der Waals surface area contributed by atoms with Crippen molar-refractivity contribution in [2.75, 3.05) is 6.61 Å². The highest BCUT2D eigenvalue weighted by atomic mass is 16.4. The monoisotopic (exact) mass is 344 g/mol. The Morgan fingerprint density at radius 3 is 1.21 bits per heavy atom. The first-order valence-corrected chi connectivity index (χ1v) is 6.96. The molecule has 1 unspecified atom stereocenters. The van der Waals surface area contributed by atoms with Gasteiger partial charge in [-0.15, -0.1) is 0 Å². The van der Waals surface area contributed by atoms with Gasteiger partial charge in [0.25, 0.3) is 0 Å². The number of ketones is 6. The zero-order valence-corrected chi connectivity index (χ0v) is 13.6. The zero-order valence-electron chi connectivity index (χ0n) is 13.6. The van der Waals surface area contributed by atoms with Crippen LogP contribution < -0.4 is 0 Å². The number of hydrogen-bond donors (Lipinski definition) is 3. The molecule has 9 nitrogen and oxygen atoms in total. The fourth-order valence-electron chi connectivity index (χ4n) is 2.10. The van der Waals surface area contributed by atoms with Gasteiger partial charge in [0.2, 0.25) is 5.60 Å². The van der Waals surface area contributed by atoms with Crippen LogP contribution in [0.3, 0.4) is 0 Å². The Labute approximate surface area is 137 Å². The first-order valence-electron chi connectivity index (χ1n) is 6.96. The van der Waals surface area contributed by atoms with Gasteiger partial charge in [0.05, 0.1) is 25.9 Å². The highest BCUT2D eigenvalue weighted by Gasteiger charge is 2.63. The molecule has 0 aliphatic carbocycles. The summed E-state index contributed by atoms with van der Waals surface area (Å²) in [5, 5.41) is 30.2. The van der Waals surface area contributed by atoms with Gasteiger partial charge in [-0.05, 0) is 20.8 Å². The molecule has 0 aliphatic rings. The lowest BCUT2D eigenvalue weighted by atomic mass is 9.71. The third kappa shape index (κ3) is 4.47. The standard InChI is InChI=1S/C15H20O9/c1-8(17)4-11(20)14(23,7-16)15(24,12(21)5-9(2)18)13(22)6-10(3)19/h16,23-24H,4-7H2,1-3H3. The lowest BCUT2D eigenvalue weighted by Gasteiger charge is -2.38. The summed E-state index contributed by atoms with van der Waals surface area (Å²) in [7, 11) is 0. The summed E-state index contributed by atoms with van der Waals surface area (Å²) >= 11 is 0. The van der Waals surface area contributed by atoms with Crippen molar-refractivity contribution in [1.29, 1.82) is 0 Å². The average molecular weight is 344 g/mol. The van der Waals surface area contributed by atoms with E-state index in [4.69, 9.17) is 0 Å². The highest BCUT2D eigenvalue weighted by molar-refractivity contribution is 6.23. The van der Waals surface area contributed by atoms with Gasteiger partial charge in [0, 0.05) is 0 Å². The molecular formula is C15H20O9. The quantitative estimate of drug-likeness (QED) is 0.363. The maximum Gasteiger partial charge on any atom is 0.220 e. The molecule has 0 rings (SSSR count). The lowest BCUT2D eigenvalue weighted by Crippen LogP contribution is -2.70. The summed E-state index contributed by atoms with van der Waals surface area (Å²) in [5.74, 6) is -6.90. The Morgan fingerprint density at radius 2 is 0.958 bits per heavy atom. The van der Waals surface area contributed by atoms with Crippen LogP contribution in [0.15, 0.2) is 0 Å². The van der Waals surface area contributed by atoms with Crippen molar-refractivity contribution in [2.24, 2.45) is 0 Å². The molecule has 0 bridgehead atoms. The molecule has 0 radical (unpaired) electrons. The van der Waals surface area contributed by atoms with E-state index in [0.29, 0.717) is 0 Å². The van der Waals surface area contributed by atoms with Crippen molar-refractivity contribution in [2.45, 2.75) is 51.2 Å². The number of hydrogen-bond acceptors (Lipinski definition) is 9. The minimum atomic E-state index is -3.52. The number of Topliss-reactive ketones (excluding diaryl/α,β-unsaturated/α-hetero) is 6. The van der Waals surface area contributed by atoms with Crippen LogP contribution in [0.2, 0.25) is 0 Å². The fraction of sp³-hybridized carbons (Fsp3) is 0.600.